The van der Waals surface area contributed by atoms with Crippen molar-refractivity contribution < 1.29 is 9.53 Å². The summed E-state index contributed by atoms with van der Waals surface area (Å²) in [6, 6.07) is 0. The molecule has 0 atom stereocenters. The van der Waals surface area contributed by atoms with Gasteiger partial charge in [0, 0.05) is 38.0 Å². The van der Waals surface area contributed by atoms with Crippen molar-refractivity contribution in [3.63, 3.8) is 0 Å². The number of fused-ring (bicyclic) bond motifs is 1. The molecule has 0 radical (unpaired) electrons. The molecule has 1 aliphatic rings. The molecule has 0 unspecified atom stereocenters. The van der Waals surface area contributed by atoms with Crippen LogP contribution in [0.3, 0.4) is 0 Å². The predicted octanol–water partition coefficient (Wildman–Crippen LogP) is 1.54. The van der Waals surface area contributed by atoms with E-state index in [2.05, 4.69) is 27.4 Å². The topological polar surface area (TPSA) is 66.5 Å². The molecule has 2 N–H and O–H groups in total. The molecule has 6 nitrogen and oxygen atoms in total. The highest BCUT2D eigenvalue weighted by Gasteiger charge is 2.20. The van der Waals surface area contributed by atoms with Crippen molar-refractivity contribution in [1.29, 1.82) is 0 Å². The molecule has 1 amide bonds. The van der Waals surface area contributed by atoms with Gasteiger partial charge < -0.3 is 15.4 Å². The Kier molecular flexibility index (Phi) is 10.9. The van der Waals surface area contributed by atoms with E-state index in [1.807, 2.05) is 0 Å². The SMILES string of the molecule is CCN1CCc2nc(NC(=O)CNCCOC)sc2C1.Cl.Cl. The van der Waals surface area contributed by atoms with Crippen LogP contribution in [0.4, 0.5) is 5.13 Å². The van der Waals surface area contributed by atoms with Crippen molar-refractivity contribution in [3.05, 3.63) is 10.6 Å². The predicted molar refractivity (Wildman–Crippen MR) is 94.6 cm³/mol. The number of rotatable bonds is 7. The van der Waals surface area contributed by atoms with Crippen molar-refractivity contribution >= 4 is 47.2 Å². The normalized spacial score (nSPS) is 13.7. The van der Waals surface area contributed by atoms with Crippen LogP contribution in [0.5, 0.6) is 0 Å². The fraction of sp³-hybridized carbons (Fsp3) is 0.692. The van der Waals surface area contributed by atoms with Crippen LogP contribution in [0.15, 0.2) is 0 Å². The summed E-state index contributed by atoms with van der Waals surface area (Å²) in [5.41, 5.74) is 1.14. The Balaban J connectivity index is 0.00000220. The molecule has 0 saturated carbocycles. The van der Waals surface area contributed by atoms with Gasteiger partial charge in [-0.1, -0.05) is 6.92 Å². The number of amides is 1. The molecule has 2 rings (SSSR count). The van der Waals surface area contributed by atoms with Crippen molar-refractivity contribution in [2.75, 3.05) is 45.2 Å². The maximum Gasteiger partial charge on any atom is 0.240 e. The van der Waals surface area contributed by atoms with E-state index in [9.17, 15) is 4.79 Å². The fourth-order valence-electron chi connectivity index (χ4n) is 2.11. The second-order valence-electron chi connectivity index (χ2n) is 4.73. The van der Waals surface area contributed by atoms with Gasteiger partial charge in [-0.05, 0) is 6.54 Å². The molecule has 0 fully saturated rings. The van der Waals surface area contributed by atoms with Crippen LogP contribution in [0.2, 0.25) is 0 Å². The Bertz CT molecular complexity index is 459. The lowest BCUT2D eigenvalue weighted by molar-refractivity contribution is -0.115. The van der Waals surface area contributed by atoms with Crippen molar-refractivity contribution in [2.45, 2.75) is 19.9 Å². The molecular formula is C13H24Cl2N4O2S. The first-order valence-electron chi connectivity index (χ1n) is 6.93. The van der Waals surface area contributed by atoms with E-state index in [4.69, 9.17) is 4.74 Å². The molecule has 0 saturated heterocycles. The number of nitrogens with one attached hydrogen (secondary N) is 2. The maximum absolute atomic E-state index is 11.8. The zero-order valence-electron chi connectivity index (χ0n) is 12.9. The summed E-state index contributed by atoms with van der Waals surface area (Å²) in [4.78, 5) is 19.9. The van der Waals surface area contributed by atoms with E-state index >= 15 is 0 Å². The number of carbonyl (C=O) groups excluding carboxylic acids is 1. The van der Waals surface area contributed by atoms with Crippen LogP contribution < -0.4 is 10.6 Å². The van der Waals surface area contributed by atoms with Crippen molar-refractivity contribution in [2.24, 2.45) is 0 Å². The number of hydrogen-bond donors (Lipinski definition) is 2. The number of thiazole rings is 1. The average Bonchev–Trinajstić information content (AvgIpc) is 2.84. The minimum absolute atomic E-state index is 0. The van der Waals surface area contributed by atoms with Crippen LogP contribution in [0.25, 0.3) is 0 Å². The van der Waals surface area contributed by atoms with E-state index in [0.717, 1.165) is 31.7 Å². The van der Waals surface area contributed by atoms with E-state index < -0.39 is 0 Å². The monoisotopic (exact) mass is 370 g/mol. The number of halogens is 2. The van der Waals surface area contributed by atoms with E-state index in [-0.39, 0.29) is 37.3 Å². The highest BCUT2D eigenvalue weighted by Crippen LogP contribution is 2.27. The number of hydrogen-bond acceptors (Lipinski definition) is 6. The summed E-state index contributed by atoms with van der Waals surface area (Å²) < 4.78 is 4.91. The van der Waals surface area contributed by atoms with E-state index in [1.54, 1.807) is 18.4 Å². The van der Waals surface area contributed by atoms with Gasteiger partial charge in [0.15, 0.2) is 5.13 Å². The first kappa shape index (κ1) is 21.6. The zero-order chi connectivity index (χ0) is 14.4. The Labute approximate surface area is 147 Å². The van der Waals surface area contributed by atoms with Gasteiger partial charge in [-0.2, -0.15) is 0 Å². The van der Waals surface area contributed by atoms with E-state index in [1.165, 1.54) is 4.88 Å². The first-order valence-corrected chi connectivity index (χ1v) is 7.75. The van der Waals surface area contributed by atoms with Crippen LogP contribution >= 0.6 is 36.2 Å². The number of anilines is 1. The number of carbonyl (C=O) groups is 1. The maximum atomic E-state index is 11.8. The molecule has 1 aliphatic heterocycles. The molecule has 0 aliphatic carbocycles. The molecule has 1 aromatic rings. The van der Waals surface area contributed by atoms with Gasteiger partial charge in [-0.15, -0.1) is 36.2 Å². The van der Waals surface area contributed by atoms with Gasteiger partial charge >= 0.3 is 0 Å². The Morgan fingerprint density at radius 3 is 2.91 bits per heavy atom. The standard InChI is InChI=1S/C13H22N4O2S.2ClH/c1-3-17-6-4-10-11(9-17)20-13(15-10)16-12(18)8-14-5-7-19-2;;/h14H,3-9H2,1-2H3,(H,15,16,18);2*1H. The van der Waals surface area contributed by atoms with Crippen molar-refractivity contribution in [1.82, 2.24) is 15.2 Å². The number of methoxy groups -OCH3 is 1. The summed E-state index contributed by atoms with van der Waals surface area (Å²) in [6.45, 7) is 6.79. The molecule has 22 heavy (non-hydrogen) atoms. The number of ether oxygens (including phenoxy) is 1. The molecule has 0 bridgehead atoms. The van der Waals surface area contributed by atoms with Gasteiger partial charge in [-0.25, -0.2) is 4.98 Å². The van der Waals surface area contributed by atoms with Crippen LogP contribution in [-0.2, 0) is 22.5 Å². The summed E-state index contributed by atoms with van der Waals surface area (Å²) in [6.07, 6.45) is 0.974. The lowest BCUT2D eigenvalue weighted by Crippen LogP contribution is -2.30. The molecule has 128 valence electrons. The van der Waals surface area contributed by atoms with Gasteiger partial charge in [0.05, 0.1) is 18.8 Å². The fourth-order valence-corrected chi connectivity index (χ4v) is 3.18. The zero-order valence-corrected chi connectivity index (χ0v) is 15.3. The molecule has 9 heteroatoms. The van der Waals surface area contributed by atoms with Gasteiger partial charge in [-0.3, -0.25) is 9.69 Å². The number of nitrogens with zero attached hydrogens (tertiary/aromatic N) is 2. The summed E-state index contributed by atoms with van der Waals surface area (Å²) in [7, 11) is 1.64. The number of aromatic nitrogens is 1. The second kappa shape index (κ2) is 11.2. The van der Waals surface area contributed by atoms with Crippen LogP contribution in [0.1, 0.15) is 17.5 Å². The minimum Gasteiger partial charge on any atom is -0.383 e. The highest BCUT2D eigenvalue weighted by molar-refractivity contribution is 7.15. The van der Waals surface area contributed by atoms with Gasteiger partial charge in [0.25, 0.3) is 0 Å². The molecule has 0 aromatic carbocycles. The minimum atomic E-state index is -0.0560. The summed E-state index contributed by atoms with van der Waals surface area (Å²) in [5.74, 6) is -0.0560. The lowest BCUT2D eigenvalue weighted by atomic mass is 10.2. The quantitative estimate of drug-likeness (QED) is 0.712. The average molecular weight is 371 g/mol. The molecule has 2 heterocycles. The third kappa shape index (κ3) is 6.36. The second-order valence-corrected chi connectivity index (χ2v) is 5.81. The number of likely N-dealkylation sites (N-methyl/N-ethyl adjacent to an activating group) is 1. The largest absolute Gasteiger partial charge is 0.383 e. The van der Waals surface area contributed by atoms with Crippen molar-refractivity contribution in [3.8, 4) is 0 Å². The first-order chi connectivity index (χ1) is 9.72. The lowest BCUT2D eigenvalue weighted by Gasteiger charge is -2.23. The van der Waals surface area contributed by atoms with Crippen LogP contribution in [0, 0.1) is 0 Å². The van der Waals surface area contributed by atoms with E-state index in [0.29, 0.717) is 18.3 Å². The Hall–Kier alpha value is -0.440. The van der Waals surface area contributed by atoms with Gasteiger partial charge in [0.1, 0.15) is 0 Å². The highest BCUT2D eigenvalue weighted by atomic mass is 35.5. The summed E-state index contributed by atoms with van der Waals surface area (Å²) in [5, 5.41) is 6.59. The Morgan fingerprint density at radius 2 is 2.23 bits per heavy atom. The Morgan fingerprint density at radius 1 is 1.45 bits per heavy atom. The third-order valence-corrected chi connectivity index (χ3v) is 4.27. The molecule has 1 aromatic heterocycles. The van der Waals surface area contributed by atoms with Crippen LogP contribution in [-0.4, -0.2) is 55.7 Å². The van der Waals surface area contributed by atoms with Gasteiger partial charge in [0.2, 0.25) is 5.91 Å². The smallest absolute Gasteiger partial charge is 0.240 e. The third-order valence-electron chi connectivity index (χ3n) is 3.27. The summed E-state index contributed by atoms with van der Waals surface area (Å²) >= 11 is 1.59. The molecular weight excluding hydrogens is 347 g/mol. The molecule has 0 spiro atoms.